The van der Waals surface area contributed by atoms with E-state index in [1.165, 1.54) is 7.11 Å². The fraction of sp³-hybridized carbons (Fsp3) is 0.818. The molecule has 0 saturated carbocycles. The third kappa shape index (κ3) is 7.70. The zero-order valence-corrected chi connectivity index (χ0v) is 10.4. The first-order valence-corrected chi connectivity index (χ1v) is 5.79. The number of rotatable bonds is 9. The molecule has 0 saturated heterocycles. The molecule has 0 bridgehead atoms. The number of carbonyl (C=O) groups is 2. The zero-order valence-electron chi connectivity index (χ0n) is 10.4. The number of aliphatic carboxylic acids is 1. The highest BCUT2D eigenvalue weighted by molar-refractivity contribution is 5.81. The van der Waals surface area contributed by atoms with Gasteiger partial charge in [-0.25, -0.2) is 0 Å². The molecule has 6 heteroatoms. The predicted molar refractivity (Wildman–Crippen MR) is 63.6 cm³/mol. The van der Waals surface area contributed by atoms with Gasteiger partial charge in [-0.1, -0.05) is 19.8 Å². The molecule has 0 rings (SSSR count). The van der Waals surface area contributed by atoms with E-state index in [1.807, 2.05) is 6.92 Å². The van der Waals surface area contributed by atoms with Gasteiger partial charge in [-0.2, -0.15) is 0 Å². The number of amides is 1. The first-order chi connectivity index (χ1) is 8.01. The van der Waals surface area contributed by atoms with E-state index in [2.05, 4.69) is 5.32 Å². The Kier molecular flexibility index (Phi) is 8.35. The van der Waals surface area contributed by atoms with Crippen LogP contribution in [0.5, 0.6) is 0 Å². The van der Waals surface area contributed by atoms with E-state index < -0.39 is 18.1 Å². The van der Waals surface area contributed by atoms with E-state index in [9.17, 15) is 9.59 Å². The minimum absolute atomic E-state index is 0.138. The molecule has 0 aromatic rings. The number of carboxylic acid groups (broad SMARTS) is 1. The molecule has 0 aromatic heterocycles. The number of hydrogen-bond acceptors (Lipinski definition) is 4. The quantitative estimate of drug-likeness (QED) is 0.536. The Bertz CT molecular complexity index is 246. The molecule has 0 heterocycles. The van der Waals surface area contributed by atoms with E-state index in [0.29, 0.717) is 6.42 Å². The molecular weight excluding hydrogens is 224 g/mol. The van der Waals surface area contributed by atoms with Gasteiger partial charge in [0.1, 0.15) is 0 Å². The molecule has 6 nitrogen and oxygen atoms in total. The maximum Gasteiger partial charge on any atom is 0.306 e. The largest absolute Gasteiger partial charge is 0.481 e. The molecule has 0 radical (unpaired) electrons. The molecule has 0 spiro atoms. The van der Waals surface area contributed by atoms with Crippen LogP contribution in [0.2, 0.25) is 0 Å². The van der Waals surface area contributed by atoms with Crippen LogP contribution in [0, 0.1) is 0 Å². The van der Waals surface area contributed by atoms with Gasteiger partial charge in [-0.3, -0.25) is 9.59 Å². The van der Waals surface area contributed by atoms with Crippen LogP contribution >= 0.6 is 0 Å². The SMILES string of the molecule is CCCCC(N)C(=O)NCC(CC(=O)O)OC. The summed E-state index contributed by atoms with van der Waals surface area (Å²) in [6.45, 7) is 2.19. The predicted octanol–water partition coefficient (Wildman–Crippen LogP) is 0.110. The van der Waals surface area contributed by atoms with Crippen LogP contribution in [0.15, 0.2) is 0 Å². The maximum absolute atomic E-state index is 11.5. The second-order valence-corrected chi connectivity index (χ2v) is 3.95. The lowest BCUT2D eigenvalue weighted by molar-refractivity contribution is -0.140. The summed E-state index contributed by atoms with van der Waals surface area (Å²) in [4.78, 5) is 22.0. The van der Waals surface area contributed by atoms with Crippen LogP contribution in [0.3, 0.4) is 0 Å². The minimum atomic E-state index is -0.957. The maximum atomic E-state index is 11.5. The summed E-state index contributed by atoms with van der Waals surface area (Å²) in [6, 6.07) is -0.530. The van der Waals surface area contributed by atoms with Crippen molar-refractivity contribution in [1.29, 1.82) is 0 Å². The standard InChI is InChI=1S/C11H22N2O4/c1-3-4-5-9(12)11(16)13-7-8(17-2)6-10(14)15/h8-9H,3-7,12H2,1-2H3,(H,13,16)(H,14,15). The molecule has 17 heavy (non-hydrogen) atoms. The Morgan fingerprint density at radius 2 is 2.12 bits per heavy atom. The Morgan fingerprint density at radius 1 is 1.47 bits per heavy atom. The lowest BCUT2D eigenvalue weighted by Crippen LogP contribution is -2.44. The number of hydrogen-bond donors (Lipinski definition) is 3. The average molecular weight is 246 g/mol. The normalized spacial score (nSPS) is 14.1. The van der Waals surface area contributed by atoms with E-state index in [1.54, 1.807) is 0 Å². The Morgan fingerprint density at radius 3 is 2.59 bits per heavy atom. The topological polar surface area (TPSA) is 102 Å². The molecule has 1 amide bonds. The highest BCUT2D eigenvalue weighted by Crippen LogP contribution is 1.99. The zero-order chi connectivity index (χ0) is 13.3. The van der Waals surface area contributed by atoms with Gasteiger partial charge in [0.25, 0.3) is 0 Å². The van der Waals surface area contributed by atoms with Crippen molar-refractivity contribution in [3.63, 3.8) is 0 Å². The number of carbonyl (C=O) groups excluding carboxylic acids is 1. The highest BCUT2D eigenvalue weighted by Gasteiger charge is 2.16. The van der Waals surface area contributed by atoms with E-state index in [-0.39, 0.29) is 18.9 Å². The summed E-state index contributed by atoms with van der Waals surface area (Å²) in [5.41, 5.74) is 5.66. The van der Waals surface area contributed by atoms with Crippen molar-refractivity contribution in [2.45, 2.75) is 44.8 Å². The summed E-state index contributed by atoms with van der Waals surface area (Å²) < 4.78 is 4.94. The summed E-state index contributed by atoms with van der Waals surface area (Å²) in [7, 11) is 1.41. The van der Waals surface area contributed by atoms with Gasteiger partial charge in [0, 0.05) is 13.7 Å². The average Bonchev–Trinajstić information content (AvgIpc) is 2.30. The molecule has 0 aliphatic rings. The molecule has 2 unspecified atom stereocenters. The summed E-state index contributed by atoms with van der Waals surface area (Å²) >= 11 is 0. The second-order valence-electron chi connectivity index (χ2n) is 3.95. The molecule has 2 atom stereocenters. The van der Waals surface area contributed by atoms with E-state index in [4.69, 9.17) is 15.6 Å². The first kappa shape index (κ1) is 15.9. The molecule has 0 fully saturated rings. The smallest absolute Gasteiger partial charge is 0.306 e. The molecular formula is C11H22N2O4. The van der Waals surface area contributed by atoms with Crippen LogP contribution in [-0.4, -0.2) is 42.8 Å². The van der Waals surface area contributed by atoms with Crippen LogP contribution in [-0.2, 0) is 14.3 Å². The van der Waals surface area contributed by atoms with Crippen LogP contribution in [0.4, 0.5) is 0 Å². The molecule has 100 valence electrons. The van der Waals surface area contributed by atoms with Crippen LogP contribution in [0.1, 0.15) is 32.6 Å². The van der Waals surface area contributed by atoms with Crippen molar-refractivity contribution in [1.82, 2.24) is 5.32 Å². The molecule has 0 aromatic carbocycles. The lowest BCUT2D eigenvalue weighted by Gasteiger charge is -2.16. The molecule has 4 N–H and O–H groups in total. The molecule has 0 aliphatic carbocycles. The van der Waals surface area contributed by atoms with Crippen molar-refractivity contribution in [2.75, 3.05) is 13.7 Å². The van der Waals surface area contributed by atoms with Gasteiger partial charge in [0.05, 0.1) is 18.6 Å². The Hall–Kier alpha value is -1.14. The summed E-state index contributed by atoms with van der Waals surface area (Å²) in [5, 5.41) is 11.2. The monoisotopic (exact) mass is 246 g/mol. The third-order valence-corrected chi connectivity index (χ3v) is 2.45. The van der Waals surface area contributed by atoms with E-state index >= 15 is 0 Å². The van der Waals surface area contributed by atoms with Crippen molar-refractivity contribution in [3.8, 4) is 0 Å². The van der Waals surface area contributed by atoms with Crippen LogP contribution in [0.25, 0.3) is 0 Å². The van der Waals surface area contributed by atoms with Crippen LogP contribution < -0.4 is 11.1 Å². The summed E-state index contributed by atoms with van der Waals surface area (Å²) in [6.07, 6.45) is 1.87. The van der Waals surface area contributed by atoms with Crippen molar-refractivity contribution in [3.05, 3.63) is 0 Å². The van der Waals surface area contributed by atoms with Crippen molar-refractivity contribution in [2.24, 2.45) is 5.73 Å². The highest BCUT2D eigenvalue weighted by atomic mass is 16.5. The fourth-order valence-electron chi connectivity index (χ4n) is 1.33. The first-order valence-electron chi connectivity index (χ1n) is 5.79. The second kappa shape index (κ2) is 8.95. The van der Waals surface area contributed by atoms with Crippen molar-refractivity contribution < 1.29 is 19.4 Å². The van der Waals surface area contributed by atoms with Gasteiger partial charge in [-0.05, 0) is 6.42 Å². The number of nitrogens with one attached hydrogen (secondary N) is 1. The van der Waals surface area contributed by atoms with Gasteiger partial charge in [0.2, 0.25) is 5.91 Å². The van der Waals surface area contributed by atoms with E-state index in [0.717, 1.165) is 12.8 Å². The number of methoxy groups -OCH3 is 1. The molecule has 0 aliphatic heterocycles. The summed E-state index contributed by atoms with van der Waals surface area (Å²) in [5.74, 6) is -1.22. The van der Waals surface area contributed by atoms with Crippen molar-refractivity contribution >= 4 is 11.9 Å². The Balaban J connectivity index is 3.90. The van der Waals surface area contributed by atoms with Gasteiger partial charge < -0.3 is 20.9 Å². The number of ether oxygens (including phenoxy) is 1. The fourth-order valence-corrected chi connectivity index (χ4v) is 1.33. The van der Waals surface area contributed by atoms with Gasteiger partial charge in [0.15, 0.2) is 0 Å². The number of unbranched alkanes of at least 4 members (excludes halogenated alkanes) is 1. The van der Waals surface area contributed by atoms with Gasteiger partial charge >= 0.3 is 5.97 Å². The Labute approximate surface area is 102 Å². The number of carboxylic acids is 1. The lowest BCUT2D eigenvalue weighted by atomic mass is 10.1. The number of nitrogens with two attached hydrogens (primary N) is 1. The van der Waals surface area contributed by atoms with Gasteiger partial charge in [-0.15, -0.1) is 0 Å². The third-order valence-electron chi connectivity index (χ3n) is 2.45. The minimum Gasteiger partial charge on any atom is -0.481 e.